The van der Waals surface area contributed by atoms with Crippen LogP contribution in [0.25, 0.3) is 10.9 Å². The van der Waals surface area contributed by atoms with Crippen LogP contribution in [0.2, 0.25) is 0 Å². The third-order valence-electron chi connectivity index (χ3n) is 5.23. The predicted octanol–water partition coefficient (Wildman–Crippen LogP) is 2.59. The van der Waals surface area contributed by atoms with E-state index in [0.717, 1.165) is 8.78 Å². The highest BCUT2D eigenvalue weighted by atomic mass is 79.9. The van der Waals surface area contributed by atoms with Gasteiger partial charge in [-0.3, -0.25) is 13.9 Å². The van der Waals surface area contributed by atoms with Crippen molar-refractivity contribution in [1.82, 2.24) is 9.88 Å². The number of halogens is 1. The number of nitrogens with one attached hydrogen (secondary N) is 1. The van der Waals surface area contributed by atoms with Crippen LogP contribution in [0.1, 0.15) is 10.4 Å². The third-order valence-corrected chi connectivity index (χ3v) is 7.54. The predicted molar refractivity (Wildman–Crippen MR) is 121 cm³/mol. The monoisotopic (exact) mass is 505 g/mol. The summed E-state index contributed by atoms with van der Waals surface area (Å²) < 4.78 is 33.5. The largest absolute Gasteiger partial charge is 0.378 e. The molecule has 1 fully saturated rings. The summed E-state index contributed by atoms with van der Waals surface area (Å²) in [5, 5.41) is 0.143. The van der Waals surface area contributed by atoms with E-state index in [1.54, 1.807) is 29.2 Å². The molecule has 31 heavy (non-hydrogen) atoms. The molecule has 1 aromatic heterocycles. The molecule has 4 rings (SSSR count). The maximum Gasteiger partial charge on any atom is 0.264 e. The summed E-state index contributed by atoms with van der Waals surface area (Å²) in [6, 6.07) is 11.1. The van der Waals surface area contributed by atoms with Gasteiger partial charge in [-0.15, -0.1) is 0 Å². The fraction of sp³-hybridized carbons (Fsp3) is 0.238. The number of nitrogens with zero attached hydrogens (tertiary/aromatic N) is 2. The van der Waals surface area contributed by atoms with Crippen molar-refractivity contribution >= 4 is 48.5 Å². The van der Waals surface area contributed by atoms with Gasteiger partial charge in [0.2, 0.25) is 5.43 Å². The first-order valence-electron chi connectivity index (χ1n) is 9.56. The number of carbonyl (C=O) groups is 1. The lowest BCUT2D eigenvalue weighted by molar-refractivity contribution is 0.0302. The summed E-state index contributed by atoms with van der Waals surface area (Å²) in [6.45, 7) is 1.65. The number of hydrogen-bond acceptors (Lipinski definition) is 5. The molecular formula is C21H20BrN3O5S. The Kier molecular flexibility index (Phi) is 5.87. The zero-order valence-electron chi connectivity index (χ0n) is 16.7. The van der Waals surface area contributed by atoms with Crippen LogP contribution in [0.15, 0.2) is 62.8 Å². The van der Waals surface area contributed by atoms with Crippen molar-refractivity contribution in [2.45, 2.75) is 4.90 Å². The van der Waals surface area contributed by atoms with Crippen LogP contribution in [0.3, 0.4) is 0 Å². The van der Waals surface area contributed by atoms with Gasteiger partial charge in [-0.05, 0) is 42.5 Å². The second-order valence-electron chi connectivity index (χ2n) is 7.09. The maximum atomic E-state index is 13.2. The van der Waals surface area contributed by atoms with E-state index >= 15 is 0 Å². The molecule has 0 atom stereocenters. The molecule has 10 heteroatoms. The molecule has 3 aromatic rings. The number of fused-ring (bicyclic) bond motifs is 1. The number of ether oxygens (including phenoxy) is 1. The second kappa shape index (κ2) is 8.45. The molecule has 0 aliphatic carbocycles. The first-order chi connectivity index (χ1) is 14.8. The van der Waals surface area contributed by atoms with Crippen molar-refractivity contribution in [2.24, 2.45) is 0 Å². The standard InChI is InChI=1S/C21H20BrN3O5S/c1-24(15-4-2-14(22)3-5-15)31(28,29)16-6-7-19-17(12-16)20(26)18(13-23-19)21(27)25-8-10-30-11-9-25/h2-7,12-13H,8-11H2,1H3,(H,23,26). The Morgan fingerprint density at radius 2 is 1.81 bits per heavy atom. The van der Waals surface area contributed by atoms with Gasteiger partial charge in [0, 0.05) is 41.7 Å². The Bertz CT molecular complexity index is 1300. The van der Waals surface area contributed by atoms with Crippen molar-refractivity contribution < 1.29 is 17.9 Å². The molecule has 1 amide bonds. The lowest BCUT2D eigenvalue weighted by Gasteiger charge is -2.26. The number of aromatic nitrogens is 1. The van der Waals surface area contributed by atoms with Crippen LogP contribution in [0, 0.1) is 0 Å². The molecule has 1 aliphatic heterocycles. The molecule has 1 saturated heterocycles. The molecule has 0 radical (unpaired) electrons. The highest BCUT2D eigenvalue weighted by Gasteiger charge is 2.25. The van der Waals surface area contributed by atoms with Crippen molar-refractivity contribution in [3.8, 4) is 0 Å². The molecule has 0 unspecified atom stereocenters. The number of pyridine rings is 1. The topological polar surface area (TPSA) is 99.8 Å². The third kappa shape index (κ3) is 4.10. The van der Waals surface area contributed by atoms with Crippen LogP contribution in [-0.4, -0.2) is 57.6 Å². The van der Waals surface area contributed by atoms with E-state index in [4.69, 9.17) is 4.74 Å². The lowest BCUT2D eigenvalue weighted by Crippen LogP contribution is -2.42. The van der Waals surface area contributed by atoms with Crippen LogP contribution in [-0.2, 0) is 14.8 Å². The van der Waals surface area contributed by atoms with Gasteiger partial charge in [0.1, 0.15) is 5.56 Å². The average molecular weight is 506 g/mol. The van der Waals surface area contributed by atoms with E-state index in [9.17, 15) is 18.0 Å². The summed E-state index contributed by atoms with van der Waals surface area (Å²) in [5.41, 5.74) is 0.404. The number of carbonyl (C=O) groups excluding carboxylic acids is 1. The number of benzene rings is 2. The zero-order valence-corrected chi connectivity index (χ0v) is 19.1. The molecule has 0 saturated carbocycles. The highest BCUT2D eigenvalue weighted by molar-refractivity contribution is 9.10. The van der Waals surface area contributed by atoms with Gasteiger partial charge in [-0.1, -0.05) is 15.9 Å². The van der Waals surface area contributed by atoms with Gasteiger partial charge in [-0.2, -0.15) is 0 Å². The molecule has 8 nitrogen and oxygen atoms in total. The van der Waals surface area contributed by atoms with E-state index in [0.29, 0.717) is 37.5 Å². The smallest absolute Gasteiger partial charge is 0.264 e. The Morgan fingerprint density at radius 3 is 2.48 bits per heavy atom. The minimum atomic E-state index is -3.91. The molecule has 2 heterocycles. The summed E-state index contributed by atoms with van der Waals surface area (Å²) in [4.78, 5) is 30.3. The van der Waals surface area contributed by atoms with Crippen molar-refractivity contribution in [1.29, 1.82) is 0 Å². The van der Waals surface area contributed by atoms with Crippen LogP contribution < -0.4 is 9.73 Å². The number of hydrogen-bond donors (Lipinski definition) is 1. The zero-order chi connectivity index (χ0) is 22.2. The van der Waals surface area contributed by atoms with Gasteiger partial charge in [-0.25, -0.2) is 8.42 Å². The number of morpholine rings is 1. The number of H-pyrrole nitrogens is 1. The SMILES string of the molecule is CN(c1ccc(Br)cc1)S(=O)(=O)c1ccc2[nH]cc(C(=O)N3CCOCC3)c(=O)c2c1. The molecule has 1 aliphatic rings. The molecular weight excluding hydrogens is 486 g/mol. The van der Waals surface area contributed by atoms with E-state index in [1.807, 2.05) is 0 Å². The number of rotatable bonds is 4. The number of aromatic amines is 1. The van der Waals surface area contributed by atoms with Gasteiger partial charge in [0.25, 0.3) is 15.9 Å². The Hall–Kier alpha value is -2.69. The van der Waals surface area contributed by atoms with Crippen LogP contribution >= 0.6 is 15.9 Å². The average Bonchev–Trinajstić information content (AvgIpc) is 2.79. The van der Waals surface area contributed by atoms with Crippen molar-refractivity contribution in [3.05, 3.63) is 68.9 Å². The van der Waals surface area contributed by atoms with Crippen molar-refractivity contribution in [2.75, 3.05) is 37.7 Å². The van der Waals surface area contributed by atoms with Gasteiger partial charge in [0.15, 0.2) is 0 Å². The van der Waals surface area contributed by atoms with Gasteiger partial charge in [0.05, 0.1) is 23.8 Å². The Labute approximate surface area is 187 Å². The Morgan fingerprint density at radius 1 is 1.13 bits per heavy atom. The normalized spacial score (nSPS) is 14.6. The van der Waals surface area contributed by atoms with E-state index < -0.39 is 21.4 Å². The molecule has 162 valence electrons. The first kappa shape index (κ1) is 21.5. The quantitative estimate of drug-likeness (QED) is 0.587. The second-order valence-corrected chi connectivity index (χ2v) is 9.98. The number of sulfonamides is 1. The molecule has 2 aromatic carbocycles. The van der Waals surface area contributed by atoms with Crippen molar-refractivity contribution in [3.63, 3.8) is 0 Å². The van der Waals surface area contributed by atoms with E-state index in [-0.39, 0.29) is 15.8 Å². The Balaban J connectivity index is 1.74. The molecule has 0 bridgehead atoms. The van der Waals surface area contributed by atoms with Gasteiger partial charge >= 0.3 is 0 Å². The van der Waals surface area contributed by atoms with E-state index in [2.05, 4.69) is 20.9 Å². The van der Waals surface area contributed by atoms with Crippen LogP contribution in [0.4, 0.5) is 5.69 Å². The van der Waals surface area contributed by atoms with E-state index in [1.165, 1.54) is 31.4 Å². The van der Waals surface area contributed by atoms with Gasteiger partial charge < -0.3 is 14.6 Å². The maximum absolute atomic E-state index is 13.2. The lowest BCUT2D eigenvalue weighted by atomic mass is 10.1. The minimum Gasteiger partial charge on any atom is -0.378 e. The number of anilines is 1. The summed E-state index contributed by atoms with van der Waals surface area (Å²) in [5.74, 6) is -0.397. The fourth-order valence-electron chi connectivity index (χ4n) is 3.40. The first-order valence-corrected chi connectivity index (χ1v) is 11.8. The summed E-state index contributed by atoms with van der Waals surface area (Å²) in [7, 11) is -2.46. The highest BCUT2D eigenvalue weighted by Crippen LogP contribution is 2.25. The number of amides is 1. The summed E-state index contributed by atoms with van der Waals surface area (Å²) in [6.07, 6.45) is 1.38. The minimum absolute atomic E-state index is 0.0230. The molecule has 1 N–H and O–H groups in total. The fourth-order valence-corrected chi connectivity index (χ4v) is 4.89. The summed E-state index contributed by atoms with van der Waals surface area (Å²) >= 11 is 3.33. The molecule has 0 spiro atoms. The van der Waals surface area contributed by atoms with Crippen LogP contribution in [0.5, 0.6) is 0 Å².